The van der Waals surface area contributed by atoms with Crippen molar-refractivity contribution in [2.75, 3.05) is 0 Å². The highest BCUT2D eigenvalue weighted by atomic mass is 19.2. The summed E-state index contributed by atoms with van der Waals surface area (Å²) < 4.78 is 25.9. The summed E-state index contributed by atoms with van der Waals surface area (Å²) in [5.74, 6) is -1.57. The molecule has 0 amide bonds. The van der Waals surface area contributed by atoms with Crippen LogP contribution in [0.2, 0.25) is 0 Å². The van der Waals surface area contributed by atoms with E-state index in [1.54, 1.807) is 13.0 Å². The number of rotatable bonds is 1. The minimum Gasteiger partial charge on any atom is -0.321 e. The Bertz CT molecular complexity index is 333. The van der Waals surface area contributed by atoms with Gasteiger partial charge in [0.05, 0.1) is 0 Å². The Morgan fingerprint density at radius 1 is 1.31 bits per heavy atom. The van der Waals surface area contributed by atoms with Crippen molar-refractivity contribution >= 4 is 0 Å². The molecule has 1 aromatic rings. The van der Waals surface area contributed by atoms with Crippen molar-refractivity contribution in [3.63, 3.8) is 0 Å². The summed E-state index contributed by atoms with van der Waals surface area (Å²) in [6, 6.07) is 2.83. The molecule has 0 unspecified atom stereocenters. The van der Waals surface area contributed by atoms with Crippen LogP contribution >= 0.6 is 0 Å². The van der Waals surface area contributed by atoms with Crippen LogP contribution < -0.4 is 5.73 Å². The molecular weight excluding hydrogens is 172 g/mol. The fourth-order valence-corrected chi connectivity index (χ4v) is 1.44. The largest absolute Gasteiger partial charge is 0.321 e. The second kappa shape index (κ2) is 2.51. The first kappa shape index (κ1) is 8.63. The Hall–Kier alpha value is -0.960. The summed E-state index contributed by atoms with van der Waals surface area (Å²) in [5, 5.41) is 0. The van der Waals surface area contributed by atoms with Gasteiger partial charge >= 0.3 is 0 Å². The second-order valence-corrected chi connectivity index (χ2v) is 3.75. The van der Waals surface area contributed by atoms with E-state index in [0.29, 0.717) is 11.1 Å². The summed E-state index contributed by atoms with van der Waals surface area (Å²) in [6.45, 7) is 1.55. The standard InChI is InChI=1S/C10H11F2N/c1-6-4-7(10(13)2-3-10)5-8(11)9(6)12/h4-5H,2-3,13H2,1H3. The zero-order valence-corrected chi connectivity index (χ0v) is 7.40. The van der Waals surface area contributed by atoms with Crippen LogP contribution in [0.4, 0.5) is 8.78 Å². The predicted molar refractivity (Wildman–Crippen MR) is 46.2 cm³/mol. The van der Waals surface area contributed by atoms with E-state index in [-0.39, 0.29) is 5.54 Å². The highest BCUT2D eigenvalue weighted by Crippen LogP contribution is 2.43. The van der Waals surface area contributed by atoms with Crippen molar-refractivity contribution < 1.29 is 8.78 Å². The van der Waals surface area contributed by atoms with Gasteiger partial charge in [0.15, 0.2) is 11.6 Å². The van der Waals surface area contributed by atoms with Crippen molar-refractivity contribution in [2.45, 2.75) is 25.3 Å². The lowest BCUT2D eigenvalue weighted by Gasteiger charge is -2.10. The number of nitrogens with two attached hydrogens (primary N) is 1. The Morgan fingerprint density at radius 2 is 1.92 bits per heavy atom. The minimum atomic E-state index is -0.799. The average molecular weight is 183 g/mol. The van der Waals surface area contributed by atoms with Crippen LogP contribution in [0.3, 0.4) is 0 Å². The molecule has 0 bridgehead atoms. The van der Waals surface area contributed by atoms with Crippen LogP contribution in [0.15, 0.2) is 12.1 Å². The third-order valence-electron chi connectivity index (χ3n) is 2.57. The summed E-state index contributed by atoms with van der Waals surface area (Å²) in [7, 11) is 0. The Balaban J connectivity index is 2.50. The molecule has 0 saturated heterocycles. The first-order valence-corrected chi connectivity index (χ1v) is 4.28. The number of hydrogen-bond donors (Lipinski definition) is 1. The van der Waals surface area contributed by atoms with Gasteiger partial charge in [-0.2, -0.15) is 0 Å². The number of benzene rings is 1. The summed E-state index contributed by atoms with van der Waals surface area (Å²) in [6.07, 6.45) is 1.72. The highest BCUT2D eigenvalue weighted by Gasteiger charge is 2.40. The first-order chi connectivity index (χ1) is 6.03. The van der Waals surface area contributed by atoms with Gasteiger partial charge in [-0.05, 0) is 37.0 Å². The fourth-order valence-electron chi connectivity index (χ4n) is 1.44. The normalized spacial score (nSPS) is 18.8. The predicted octanol–water partition coefficient (Wildman–Crippen LogP) is 2.22. The molecular formula is C10H11F2N. The maximum Gasteiger partial charge on any atom is 0.161 e. The fraction of sp³-hybridized carbons (Fsp3) is 0.400. The second-order valence-electron chi connectivity index (χ2n) is 3.75. The van der Waals surface area contributed by atoms with Crippen LogP contribution in [-0.4, -0.2) is 0 Å². The molecule has 70 valence electrons. The molecule has 0 atom stereocenters. The number of hydrogen-bond acceptors (Lipinski definition) is 1. The molecule has 0 spiro atoms. The van der Waals surface area contributed by atoms with E-state index in [9.17, 15) is 8.78 Å². The summed E-state index contributed by atoms with van der Waals surface area (Å²) in [4.78, 5) is 0. The van der Waals surface area contributed by atoms with Gasteiger partial charge in [-0.1, -0.05) is 6.07 Å². The topological polar surface area (TPSA) is 26.0 Å². The maximum atomic E-state index is 13.0. The molecule has 0 heterocycles. The molecule has 13 heavy (non-hydrogen) atoms. The molecule has 1 nitrogen and oxygen atoms in total. The zero-order chi connectivity index (χ0) is 9.64. The van der Waals surface area contributed by atoms with Gasteiger partial charge in [-0.15, -0.1) is 0 Å². The first-order valence-electron chi connectivity index (χ1n) is 4.28. The Kier molecular flexibility index (Phi) is 1.67. The molecule has 0 aliphatic heterocycles. The van der Waals surface area contributed by atoms with Crippen LogP contribution in [0.1, 0.15) is 24.0 Å². The van der Waals surface area contributed by atoms with E-state index >= 15 is 0 Å². The van der Waals surface area contributed by atoms with Crippen LogP contribution in [0.5, 0.6) is 0 Å². The molecule has 1 saturated carbocycles. The molecule has 0 radical (unpaired) electrons. The molecule has 1 aromatic carbocycles. The summed E-state index contributed by atoms with van der Waals surface area (Å²) in [5.41, 5.74) is 6.51. The van der Waals surface area contributed by atoms with Crippen molar-refractivity contribution in [1.29, 1.82) is 0 Å². The highest BCUT2D eigenvalue weighted by molar-refractivity contribution is 5.34. The average Bonchev–Trinajstić information content (AvgIpc) is 2.80. The monoisotopic (exact) mass is 183 g/mol. The van der Waals surface area contributed by atoms with Crippen molar-refractivity contribution in [3.8, 4) is 0 Å². The molecule has 2 rings (SSSR count). The van der Waals surface area contributed by atoms with E-state index in [2.05, 4.69) is 0 Å². The van der Waals surface area contributed by atoms with Crippen molar-refractivity contribution in [2.24, 2.45) is 5.73 Å². The quantitative estimate of drug-likeness (QED) is 0.709. The van der Waals surface area contributed by atoms with E-state index in [1.165, 1.54) is 6.07 Å². The lowest BCUT2D eigenvalue weighted by atomic mass is 10.0. The zero-order valence-electron chi connectivity index (χ0n) is 7.40. The Morgan fingerprint density at radius 3 is 2.38 bits per heavy atom. The van der Waals surface area contributed by atoms with Gasteiger partial charge in [0, 0.05) is 5.54 Å². The van der Waals surface area contributed by atoms with Crippen molar-refractivity contribution in [1.82, 2.24) is 0 Å². The molecule has 2 N–H and O–H groups in total. The van der Waals surface area contributed by atoms with Crippen LogP contribution in [0.25, 0.3) is 0 Å². The smallest absolute Gasteiger partial charge is 0.161 e. The Labute approximate surface area is 75.6 Å². The number of aryl methyl sites for hydroxylation is 1. The molecule has 1 aliphatic rings. The van der Waals surface area contributed by atoms with Crippen LogP contribution in [-0.2, 0) is 5.54 Å². The molecule has 1 fully saturated rings. The third-order valence-corrected chi connectivity index (χ3v) is 2.57. The lowest BCUT2D eigenvalue weighted by molar-refractivity contribution is 0.499. The SMILES string of the molecule is Cc1cc(C2(N)CC2)cc(F)c1F. The van der Waals surface area contributed by atoms with Crippen molar-refractivity contribution in [3.05, 3.63) is 34.9 Å². The van der Waals surface area contributed by atoms with E-state index < -0.39 is 11.6 Å². The third kappa shape index (κ3) is 1.33. The molecule has 1 aliphatic carbocycles. The van der Waals surface area contributed by atoms with Gasteiger partial charge in [0.2, 0.25) is 0 Å². The number of halogens is 2. The van der Waals surface area contributed by atoms with E-state index in [1.807, 2.05) is 0 Å². The van der Waals surface area contributed by atoms with E-state index in [0.717, 1.165) is 12.8 Å². The molecule has 3 heteroatoms. The lowest BCUT2D eigenvalue weighted by Crippen LogP contribution is -2.19. The summed E-state index contributed by atoms with van der Waals surface area (Å²) >= 11 is 0. The van der Waals surface area contributed by atoms with E-state index in [4.69, 9.17) is 5.73 Å². The van der Waals surface area contributed by atoms with Gasteiger partial charge < -0.3 is 5.73 Å². The van der Waals surface area contributed by atoms with Crippen LogP contribution in [0, 0.1) is 18.6 Å². The van der Waals surface area contributed by atoms with Gasteiger partial charge in [-0.3, -0.25) is 0 Å². The van der Waals surface area contributed by atoms with Gasteiger partial charge in [0.25, 0.3) is 0 Å². The maximum absolute atomic E-state index is 13.0. The van der Waals surface area contributed by atoms with Gasteiger partial charge in [-0.25, -0.2) is 8.78 Å². The van der Waals surface area contributed by atoms with Gasteiger partial charge in [0.1, 0.15) is 0 Å². The molecule has 0 aromatic heterocycles. The minimum absolute atomic E-state index is 0.326.